The number of pyridine rings is 1. The molecule has 2 atom stereocenters. The van der Waals surface area contributed by atoms with E-state index in [4.69, 9.17) is 20.5 Å². The van der Waals surface area contributed by atoms with E-state index in [1.165, 1.54) is 24.1 Å². The maximum Gasteiger partial charge on any atom is 0.269 e. The van der Waals surface area contributed by atoms with Crippen molar-refractivity contribution in [3.8, 4) is 0 Å². The lowest BCUT2D eigenvalue weighted by molar-refractivity contribution is -0.156. The van der Waals surface area contributed by atoms with Crippen molar-refractivity contribution in [2.24, 2.45) is 5.92 Å². The smallest absolute Gasteiger partial charge is 0.269 e. The molecule has 2 aliphatic rings. The highest BCUT2D eigenvalue weighted by molar-refractivity contribution is 7.89. The van der Waals surface area contributed by atoms with Crippen molar-refractivity contribution < 1.29 is 30.6 Å². The van der Waals surface area contributed by atoms with E-state index in [-0.39, 0.29) is 24.0 Å². The summed E-state index contributed by atoms with van der Waals surface area (Å²) in [6, 6.07) is 12.8. The molecule has 0 bridgehead atoms. The van der Waals surface area contributed by atoms with E-state index in [9.17, 15) is 21.6 Å². The minimum atomic E-state index is -4.37. The largest absolute Gasteiger partial charge is 0.382 e. The number of aromatic nitrogens is 1. The van der Waals surface area contributed by atoms with Crippen LogP contribution >= 0.6 is 11.6 Å². The number of hydrogen-bond donors (Lipinski definition) is 0. The van der Waals surface area contributed by atoms with Gasteiger partial charge in [-0.3, -0.25) is 9.78 Å². The Kier molecular flexibility index (Phi) is 9.07. The number of piperidine rings is 1. The standard InChI is InChI=1S/C28H33ClN4O7S2/c1-39-19-25-18-33(42(37,38)26-6-4-21-15-23(29)5-3-22(21)16-26)28(40-41(2,35)36)27(34)32(25)17-20-9-13-31(14-10-20)24-7-11-30-12-8-24/h3-8,11-12,15-16,20,25,28H,9-10,13-14,17-19H2,1-2H3/t25-,28?/m0/s1. The predicted octanol–water partition coefficient (Wildman–Crippen LogP) is 2.96. The molecule has 2 saturated heterocycles. The van der Waals surface area contributed by atoms with Gasteiger partial charge in [0.15, 0.2) is 0 Å². The predicted molar refractivity (Wildman–Crippen MR) is 159 cm³/mol. The summed E-state index contributed by atoms with van der Waals surface area (Å²) >= 11 is 6.07. The highest BCUT2D eigenvalue weighted by Gasteiger charge is 2.49. The molecular weight excluding hydrogens is 604 g/mol. The van der Waals surface area contributed by atoms with Crippen molar-refractivity contribution in [2.75, 3.05) is 51.1 Å². The first-order valence-corrected chi connectivity index (χ1v) is 17.1. The van der Waals surface area contributed by atoms with Gasteiger partial charge >= 0.3 is 0 Å². The van der Waals surface area contributed by atoms with Crippen LogP contribution in [-0.2, 0) is 33.9 Å². The number of halogens is 1. The van der Waals surface area contributed by atoms with E-state index in [1.54, 1.807) is 36.7 Å². The molecule has 42 heavy (non-hydrogen) atoms. The van der Waals surface area contributed by atoms with Crippen LogP contribution in [0.1, 0.15) is 12.8 Å². The molecule has 0 N–H and O–H groups in total. The highest BCUT2D eigenvalue weighted by atomic mass is 35.5. The summed E-state index contributed by atoms with van der Waals surface area (Å²) in [4.78, 5) is 21.7. The maximum atomic E-state index is 14.0. The fourth-order valence-electron chi connectivity index (χ4n) is 5.60. The molecule has 226 valence electrons. The molecule has 0 spiro atoms. The van der Waals surface area contributed by atoms with Crippen LogP contribution < -0.4 is 4.90 Å². The van der Waals surface area contributed by atoms with Crippen molar-refractivity contribution >= 4 is 54.1 Å². The molecule has 2 aromatic carbocycles. The third kappa shape index (κ3) is 6.71. The number of hydrogen-bond acceptors (Lipinski definition) is 9. The van der Waals surface area contributed by atoms with Crippen LogP contribution in [-0.4, -0.2) is 95.4 Å². The van der Waals surface area contributed by atoms with Gasteiger partial charge in [-0.15, -0.1) is 0 Å². The summed E-state index contributed by atoms with van der Waals surface area (Å²) in [5, 5.41) is 1.86. The summed E-state index contributed by atoms with van der Waals surface area (Å²) in [5.41, 5.74) is 1.08. The van der Waals surface area contributed by atoms with Crippen LogP contribution in [0.4, 0.5) is 5.69 Å². The molecule has 1 unspecified atom stereocenters. The number of fused-ring (bicyclic) bond motifs is 1. The number of carbonyl (C=O) groups excluding carboxylic acids is 1. The monoisotopic (exact) mass is 636 g/mol. The molecule has 11 nitrogen and oxygen atoms in total. The number of nitrogens with zero attached hydrogens (tertiary/aromatic N) is 4. The first-order chi connectivity index (χ1) is 20.0. The van der Waals surface area contributed by atoms with Crippen molar-refractivity contribution in [1.29, 1.82) is 0 Å². The number of sulfonamides is 1. The normalized spacial score (nSPS) is 21.3. The quantitative estimate of drug-likeness (QED) is 0.326. The molecule has 1 amide bonds. The van der Waals surface area contributed by atoms with Crippen LogP contribution in [0.5, 0.6) is 0 Å². The minimum Gasteiger partial charge on any atom is -0.382 e. The fraction of sp³-hybridized carbons (Fsp3) is 0.429. The van der Waals surface area contributed by atoms with Crippen molar-refractivity contribution in [2.45, 2.75) is 30.0 Å². The zero-order valence-corrected chi connectivity index (χ0v) is 25.7. The lowest BCUT2D eigenvalue weighted by Crippen LogP contribution is -2.65. The van der Waals surface area contributed by atoms with Crippen LogP contribution in [0.3, 0.4) is 0 Å². The third-order valence-corrected chi connectivity index (χ3v) is 10.3. The second-order valence-corrected chi connectivity index (χ2v) is 14.5. The van der Waals surface area contributed by atoms with E-state index >= 15 is 0 Å². The lowest BCUT2D eigenvalue weighted by atomic mass is 9.94. The number of benzene rings is 2. The Labute approximate surface area is 251 Å². The van der Waals surface area contributed by atoms with Gasteiger partial charge in [0.05, 0.1) is 23.8 Å². The van der Waals surface area contributed by atoms with Gasteiger partial charge in [-0.25, -0.2) is 12.6 Å². The van der Waals surface area contributed by atoms with E-state index < -0.39 is 38.3 Å². The van der Waals surface area contributed by atoms with Gasteiger partial charge in [-0.1, -0.05) is 23.7 Å². The average molecular weight is 637 g/mol. The minimum absolute atomic E-state index is 0.0649. The van der Waals surface area contributed by atoms with Crippen LogP contribution in [0, 0.1) is 5.92 Å². The molecule has 5 rings (SSSR count). The number of ether oxygens (including phenoxy) is 1. The van der Waals surface area contributed by atoms with E-state index in [0.29, 0.717) is 17.0 Å². The number of methoxy groups -OCH3 is 1. The molecule has 1 aromatic heterocycles. The zero-order chi connectivity index (χ0) is 30.1. The molecule has 2 fully saturated rings. The molecule has 14 heteroatoms. The van der Waals surface area contributed by atoms with Gasteiger partial charge in [-0.2, -0.15) is 12.7 Å². The lowest BCUT2D eigenvalue weighted by Gasteiger charge is -2.45. The number of amides is 1. The highest BCUT2D eigenvalue weighted by Crippen LogP contribution is 2.31. The van der Waals surface area contributed by atoms with Gasteiger partial charge in [0, 0.05) is 56.4 Å². The van der Waals surface area contributed by atoms with E-state index in [2.05, 4.69) is 9.88 Å². The third-order valence-electron chi connectivity index (χ3n) is 7.69. The van der Waals surface area contributed by atoms with Gasteiger partial charge in [-0.05, 0) is 65.9 Å². The number of carbonyl (C=O) groups is 1. The second-order valence-electron chi connectivity index (χ2n) is 10.6. The fourth-order valence-corrected chi connectivity index (χ4v) is 7.89. The van der Waals surface area contributed by atoms with Gasteiger partial charge in [0.25, 0.3) is 16.0 Å². The SMILES string of the molecule is COC[C@@H]1CN(S(=O)(=O)c2ccc3cc(Cl)ccc3c2)C(OS(C)(=O)=O)C(=O)N1CC1CCN(c2ccncc2)CC1. The molecule has 2 aliphatic heterocycles. The van der Waals surface area contributed by atoms with Crippen molar-refractivity contribution in [3.05, 3.63) is 65.9 Å². The van der Waals surface area contributed by atoms with E-state index in [1.807, 2.05) is 12.1 Å². The molecule has 3 heterocycles. The van der Waals surface area contributed by atoms with Crippen molar-refractivity contribution in [1.82, 2.24) is 14.2 Å². The molecule has 3 aromatic rings. The first kappa shape index (κ1) is 30.6. The number of anilines is 1. The number of rotatable bonds is 9. The summed E-state index contributed by atoms with van der Waals surface area (Å²) < 4.78 is 63.9. The van der Waals surface area contributed by atoms with Crippen LogP contribution in [0.2, 0.25) is 5.02 Å². The van der Waals surface area contributed by atoms with E-state index in [0.717, 1.165) is 47.6 Å². The Morgan fingerprint density at radius 3 is 2.31 bits per heavy atom. The van der Waals surface area contributed by atoms with Gasteiger partial charge in [0.1, 0.15) is 0 Å². The Hall–Kier alpha value is -2.81. The van der Waals surface area contributed by atoms with Crippen LogP contribution in [0.15, 0.2) is 65.8 Å². The maximum absolute atomic E-state index is 14.0. The molecule has 0 saturated carbocycles. The zero-order valence-electron chi connectivity index (χ0n) is 23.3. The second kappa shape index (κ2) is 12.4. The summed E-state index contributed by atoms with van der Waals surface area (Å²) in [6.45, 7) is 1.75. The Balaban J connectivity index is 1.41. The Bertz CT molecular complexity index is 1650. The average Bonchev–Trinajstić information content (AvgIpc) is 2.96. The summed E-state index contributed by atoms with van der Waals surface area (Å²) in [7, 11) is -7.10. The van der Waals surface area contributed by atoms with Crippen molar-refractivity contribution in [3.63, 3.8) is 0 Å². The first-order valence-electron chi connectivity index (χ1n) is 13.5. The number of piperazine rings is 1. The summed E-state index contributed by atoms with van der Waals surface area (Å²) in [6.07, 6.45) is 4.01. The summed E-state index contributed by atoms with van der Waals surface area (Å²) in [5.74, 6) is -0.609. The van der Waals surface area contributed by atoms with Crippen LogP contribution in [0.25, 0.3) is 10.8 Å². The van der Waals surface area contributed by atoms with Gasteiger partial charge in [0.2, 0.25) is 16.3 Å². The Morgan fingerprint density at radius 2 is 1.64 bits per heavy atom. The molecular formula is C28H33ClN4O7S2. The Morgan fingerprint density at radius 1 is 0.976 bits per heavy atom. The molecule has 0 radical (unpaired) electrons. The topological polar surface area (TPSA) is 126 Å². The molecule has 0 aliphatic carbocycles. The van der Waals surface area contributed by atoms with Gasteiger partial charge < -0.3 is 14.5 Å².